The molecule has 0 aromatic heterocycles. The number of hydrogen-bond acceptors (Lipinski definition) is 1. The Labute approximate surface area is 98.9 Å². The van der Waals surface area contributed by atoms with E-state index in [1.54, 1.807) is 6.07 Å². The van der Waals surface area contributed by atoms with Crippen molar-refractivity contribution < 1.29 is 4.39 Å². The predicted molar refractivity (Wildman–Crippen MR) is 65.2 cm³/mol. The molecule has 0 radical (unpaired) electrons. The minimum absolute atomic E-state index is 0.235. The highest BCUT2D eigenvalue weighted by Crippen LogP contribution is 2.13. The minimum atomic E-state index is -0.235. The third kappa shape index (κ3) is 2.97. The van der Waals surface area contributed by atoms with E-state index in [2.05, 4.69) is 5.32 Å². The summed E-state index contributed by atoms with van der Waals surface area (Å²) in [7, 11) is 0. The van der Waals surface area contributed by atoms with Gasteiger partial charge in [0.05, 0.1) is 0 Å². The molecular formula is C13H11ClFN. The highest BCUT2D eigenvalue weighted by Gasteiger charge is 1.95. The Balaban J connectivity index is 1.99. The third-order valence-electron chi connectivity index (χ3n) is 2.23. The average Bonchev–Trinajstić information content (AvgIpc) is 2.28. The van der Waals surface area contributed by atoms with E-state index in [0.29, 0.717) is 6.54 Å². The van der Waals surface area contributed by atoms with Crippen LogP contribution in [-0.4, -0.2) is 0 Å². The lowest BCUT2D eigenvalue weighted by Crippen LogP contribution is -1.99. The molecule has 0 saturated heterocycles. The summed E-state index contributed by atoms with van der Waals surface area (Å²) in [4.78, 5) is 0. The molecule has 2 aromatic rings. The van der Waals surface area contributed by atoms with Crippen LogP contribution in [-0.2, 0) is 6.54 Å². The molecule has 0 aliphatic rings. The minimum Gasteiger partial charge on any atom is -0.381 e. The summed E-state index contributed by atoms with van der Waals surface area (Å²) in [5.74, 6) is -0.235. The van der Waals surface area contributed by atoms with Gasteiger partial charge in [-0.1, -0.05) is 29.8 Å². The molecule has 0 spiro atoms. The lowest BCUT2D eigenvalue weighted by atomic mass is 10.2. The van der Waals surface area contributed by atoms with Crippen LogP contribution in [0.3, 0.4) is 0 Å². The zero-order valence-corrected chi connectivity index (χ0v) is 9.34. The average molecular weight is 236 g/mol. The quantitative estimate of drug-likeness (QED) is 0.845. The number of benzene rings is 2. The van der Waals surface area contributed by atoms with E-state index in [1.807, 2.05) is 30.3 Å². The maximum atomic E-state index is 12.9. The predicted octanol–water partition coefficient (Wildman–Crippen LogP) is 4.09. The van der Waals surface area contributed by atoms with E-state index in [1.165, 1.54) is 12.1 Å². The zero-order chi connectivity index (χ0) is 11.4. The van der Waals surface area contributed by atoms with Crippen molar-refractivity contribution >= 4 is 17.3 Å². The molecular weight excluding hydrogens is 225 g/mol. The normalized spacial score (nSPS) is 10.1. The van der Waals surface area contributed by atoms with Crippen LogP contribution in [0.5, 0.6) is 0 Å². The van der Waals surface area contributed by atoms with E-state index in [-0.39, 0.29) is 5.82 Å². The first kappa shape index (κ1) is 11.0. The van der Waals surface area contributed by atoms with Crippen LogP contribution in [0.1, 0.15) is 5.56 Å². The molecule has 0 saturated carbocycles. The molecule has 3 heteroatoms. The van der Waals surface area contributed by atoms with E-state index < -0.39 is 0 Å². The Morgan fingerprint density at radius 3 is 2.50 bits per heavy atom. The summed E-state index contributed by atoms with van der Waals surface area (Å²) < 4.78 is 12.9. The molecule has 0 bridgehead atoms. The van der Waals surface area contributed by atoms with Gasteiger partial charge in [0.15, 0.2) is 0 Å². The number of nitrogens with one attached hydrogen (secondary N) is 1. The van der Waals surface area contributed by atoms with Crippen molar-refractivity contribution in [3.63, 3.8) is 0 Å². The maximum Gasteiger partial charge on any atom is 0.125 e. The summed E-state index contributed by atoms with van der Waals surface area (Å²) >= 11 is 5.78. The fourth-order valence-electron chi connectivity index (χ4n) is 1.40. The SMILES string of the molecule is Fc1cccc(NCc2ccc(Cl)cc2)c1. The molecule has 16 heavy (non-hydrogen) atoms. The molecule has 0 aliphatic heterocycles. The molecule has 0 aliphatic carbocycles. The first-order chi connectivity index (χ1) is 7.74. The van der Waals surface area contributed by atoms with Gasteiger partial charge in [-0.2, -0.15) is 0 Å². The fraction of sp³-hybridized carbons (Fsp3) is 0.0769. The maximum absolute atomic E-state index is 12.9. The van der Waals surface area contributed by atoms with Crippen LogP contribution in [0.2, 0.25) is 5.02 Å². The van der Waals surface area contributed by atoms with Crippen LogP contribution >= 0.6 is 11.6 Å². The van der Waals surface area contributed by atoms with Crippen molar-refractivity contribution in [3.8, 4) is 0 Å². The van der Waals surface area contributed by atoms with Gasteiger partial charge >= 0.3 is 0 Å². The second-order valence-corrected chi connectivity index (χ2v) is 3.93. The summed E-state index contributed by atoms with van der Waals surface area (Å²) in [6.45, 7) is 0.653. The monoisotopic (exact) mass is 235 g/mol. The van der Waals surface area contributed by atoms with E-state index >= 15 is 0 Å². The smallest absolute Gasteiger partial charge is 0.125 e. The van der Waals surface area contributed by atoms with Crippen LogP contribution in [0, 0.1) is 5.82 Å². The molecule has 0 fully saturated rings. The largest absolute Gasteiger partial charge is 0.381 e. The van der Waals surface area contributed by atoms with Gasteiger partial charge in [-0.05, 0) is 35.9 Å². The van der Waals surface area contributed by atoms with Gasteiger partial charge in [0.25, 0.3) is 0 Å². The van der Waals surface area contributed by atoms with Gasteiger partial charge in [-0.25, -0.2) is 4.39 Å². The van der Waals surface area contributed by atoms with Gasteiger partial charge in [0.1, 0.15) is 5.82 Å². The van der Waals surface area contributed by atoms with Crippen LogP contribution < -0.4 is 5.32 Å². The molecule has 0 amide bonds. The molecule has 0 atom stereocenters. The highest BCUT2D eigenvalue weighted by atomic mass is 35.5. The molecule has 0 unspecified atom stereocenters. The highest BCUT2D eigenvalue weighted by molar-refractivity contribution is 6.30. The Bertz CT molecular complexity index is 468. The molecule has 82 valence electrons. The molecule has 1 nitrogen and oxygen atoms in total. The summed E-state index contributed by atoms with van der Waals surface area (Å²) in [5, 5.41) is 3.86. The van der Waals surface area contributed by atoms with Crippen molar-refractivity contribution in [1.29, 1.82) is 0 Å². The van der Waals surface area contributed by atoms with Gasteiger partial charge in [-0.15, -0.1) is 0 Å². The van der Waals surface area contributed by atoms with E-state index in [4.69, 9.17) is 11.6 Å². The summed E-state index contributed by atoms with van der Waals surface area (Å²) in [6, 6.07) is 14.0. The van der Waals surface area contributed by atoms with Crippen molar-refractivity contribution in [2.45, 2.75) is 6.54 Å². The molecule has 0 heterocycles. The van der Waals surface area contributed by atoms with Crippen LogP contribution in [0.4, 0.5) is 10.1 Å². The van der Waals surface area contributed by atoms with E-state index in [0.717, 1.165) is 16.3 Å². The van der Waals surface area contributed by atoms with Crippen molar-refractivity contribution in [1.82, 2.24) is 0 Å². The Hall–Kier alpha value is -1.54. The third-order valence-corrected chi connectivity index (χ3v) is 2.49. The van der Waals surface area contributed by atoms with Crippen molar-refractivity contribution in [3.05, 3.63) is 64.9 Å². The molecule has 2 rings (SSSR count). The first-order valence-electron chi connectivity index (χ1n) is 4.98. The Morgan fingerprint density at radius 1 is 1.06 bits per heavy atom. The second kappa shape index (κ2) is 4.99. The summed E-state index contributed by atoms with van der Waals surface area (Å²) in [5.41, 5.74) is 1.88. The molecule has 1 N–H and O–H groups in total. The topological polar surface area (TPSA) is 12.0 Å². The van der Waals surface area contributed by atoms with Gasteiger partial charge in [0.2, 0.25) is 0 Å². The first-order valence-corrected chi connectivity index (χ1v) is 5.36. The zero-order valence-electron chi connectivity index (χ0n) is 8.58. The van der Waals surface area contributed by atoms with Crippen molar-refractivity contribution in [2.75, 3.05) is 5.32 Å². The van der Waals surface area contributed by atoms with Crippen LogP contribution in [0.25, 0.3) is 0 Å². The van der Waals surface area contributed by atoms with Crippen molar-refractivity contribution in [2.24, 2.45) is 0 Å². The number of anilines is 1. The number of halogens is 2. The standard InChI is InChI=1S/C13H11ClFN/c14-11-6-4-10(5-7-11)9-16-13-3-1-2-12(15)8-13/h1-8,16H,9H2. The Morgan fingerprint density at radius 2 is 1.81 bits per heavy atom. The number of hydrogen-bond donors (Lipinski definition) is 1. The lowest BCUT2D eigenvalue weighted by molar-refractivity contribution is 0.628. The van der Waals surface area contributed by atoms with Gasteiger partial charge in [-0.3, -0.25) is 0 Å². The number of rotatable bonds is 3. The molecule has 2 aromatic carbocycles. The second-order valence-electron chi connectivity index (χ2n) is 3.49. The lowest BCUT2D eigenvalue weighted by Gasteiger charge is -2.06. The Kier molecular flexibility index (Phi) is 3.42. The fourth-order valence-corrected chi connectivity index (χ4v) is 1.53. The van der Waals surface area contributed by atoms with Gasteiger partial charge < -0.3 is 5.32 Å². The van der Waals surface area contributed by atoms with E-state index in [9.17, 15) is 4.39 Å². The van der Waals surface area contributed by atoms with Gasteiger partial charge in [0, 0.05) is 17.3 Å². The summed E-state index contributed by atoms with van der Waals surface area (Å²) in [6.07, 6.45) is 0. The van der Waals surface area contributed by atoms with Crippen LogP contribution in [0.15, 0.2) is 48.5 Å².